The molecule has 8 amide bonds. The molecular formula is C113H120F2N14O14. The second kappa shape index (κ2) is 44.8. The Hall–Kier alpha value is -15.1. The number of nitrogens with zero attached hydrogens (tertiary/aromatic N) is 14. The number of benzene rings is 11. The number of amides is 8. The molecule has 0 radical (unpaired) electrons. The zero-order valence-electron chi connectivity index (χ0n) is 82.5. The Morgan fingerprint density at radius 2 is 0.692 bits per heavy atom. The van der Waals surface area contributed by atoms with Gasteiger partial charge in [-0.25, -0.2) is 8.78 Å². The molecule has 1 atom stereocenters. The predicted octanol–water partition coefficient (Wildman–Crippen LogP) is 15.9. The number of carbonyl (C=O) groups excluding carboxylic acids is 8. The van der Waals surface area contributed by atoms with E-state index in [1.807, 2.05) is 107 Å². The van der Waals surface area contributed by atoms with E-state index in [0.29, 0.717) is 130 Å². The second-order valence-electron chi connectivity index (χ2n) is 36.6. The van der Waals surface area contributed by atoms with Crippen LogP contribution >= 0.6 is 0 Å². The summed E-state index contributed by atoms with van der Waals surface area (Å²) >= 11 is 0. The molecule has 9 heterocycles. The lowest BCUT2D eigenvalue weighted by molar-refractivity contribution is 0.0627. The summed E-state index contributed by atoms with van der Waals surface area (Å²) in [5.74, 6) is 0.241. The molecule has 20 rings (SSSR count). The van der Waals surface area contributed by atoms with Gasteiger partial charge in [-0.3, -0.25) is 82.2 Å². The molecule has 11 aromatic carbocycles. The molecule has 0 saturated carbocycles. The number of hydrogen-bond donors (Lipinski definition) is 0. The Balaban J connectivity index is 0.000000131. The van der Waals surface area contributed by atoms with E-state index in [-0.39, 0.29) is 73.4 Å². The van der Waals surface area contributed by atoms with Crippen molar-refractivity contribution in [2.24, 2.45) is 7.05 Å². The lowest BCUT2D eigenvalue weighted by atomic mass is 10.0. The van der Waals surface area contributed by atoms with Crippen LogP contribution in [0, 0.1) is 25.5 Å². The van der Waals surface area contributed by atoms with Crippen LogP contribution in [0.1, 0.15) is 159 Å². The number of aryl methyl sites for hydroxylation is 2. The highest BCUT2D eigenvalue weighted by molar-refractivity contribution is 6.26. The third-order valence-corrected chi connectivity index (χ3v) is 28.2. The van der Waals surface area contributed by atoms with Crippen molar-refractivity contribution in [2.75, 3.05) is 173 Å². The van der Waals surface area contributed by atoms with Crippen molar-refractivity contribution in [1.82, 2.24) is 49.0 Å². The number of ether oxygens (including phenoxy) is 6. The molecule has 0 aliphatic carbocycles. The van der Waals surface area contributed by atoms with Gasteiger partial charge >= 0.3 is 0 Å². The molecule has 1 aromatic heterocycles. The Labute approximate surface area is 832 Å². The van der Waals surface area contributed by atoms with Crippen LogP contribution in [-0.4, -0.2) is 250 Å². The van der Waals surface area contributed by atoms with E-state index in [4.69, 9.17) is 28.4 Å². The quantitative estimate of drug-likeness (QED) is 0.0413. The normalized spacial score (nSPS) is 16.2. The van der Waals surface area contributed by atoms with Crippen molar-refractivity contribution < 1.29 is 75.6 Å². The number of anilines is 4. The average Bonchev–Trinajstić information content (AvgIpc) is 1.63. The Bertz CT molecular complexity index is 6700. The summed E-state index contributed by atoms with van der Waals surface area (Å²) in [5.41, 5.74) is 16.6. The average molecular weight is 1940 g/mol. The molecular weight excluding hydrogens is 1820 g/mol. The fraction of sp³-hybridized carbons (Fsp3) is 0.319. The molecule has 4 fully saturated rings. The van der Waals surface area contributed by atoms with E-state index >= 15 is 0 Å². The molecule has 12 aromatic rings. The van der Waals surface area contributed by atoms with Gasteiger partial charge in [-0.2, -0.15) is 5.10 Å². The molecule has 28 nitrogen and oxygen atoms in total. The lowest BCUT2D eigenvalue weighted by Crippen LogP contribution is -2.47. The molecule has 8 aliphatic rings. The van der Waals surface area contributed by atoms with Crippen LogP contribution < -0.4 is 48.0 Å². The van der Waals surface area contributed by atoms with E-state index in [1.165, 1.54) is 55.5 Å². The third-order valence-electron chi connectivity index (χ3n) is 28.2. The van der Waals surface area contributed by atoms with Gasteiger partial charge in [-0.1, -0.05) is 140 Å². The molecule has 0 spiro atoms. The topological polar surface area (TPSA) is 249 Å². The molecule has 8 aliphatic heterocycles. The van der Waals surface area contributed by atoms with Crippen LogP contribution in [0.3, 0.4) is 0 Å². The molecule has 0 N–H and O–H groups in total. The number of rotatable bonds is 28. The maximum absolute atomic E-state index is 14.1. The van der Waals surface area contributed by atoms with Crippen LogP contribution in [0.2, 0.25) is 0 Å². The zero-order chi connectivity index (χ0) is 100. The van der Waals surface area contributed by atoms with Gasteiger partial charge in [-0.05, 0) is 158 Å². The van der Waals surface area contributed by atoms with Gasteiger partial charge < -0.3 is 48.0 Å². The van der Waals surface area contributed by atoms with Crippen molar-refractivity contribution in [3.8, 4) is 34.5 Å². The van der Waals surface area contributed by atoms with Crippen LogP contribution in [0.25, 0.3) is 0 Å². The number of hydrogen-bond acceptors (Lipinski definition) is 23. The summed E-state index contributed by atoms with van der Waals surface area (Å²) in [4.78, 5) is 130. The third kappa shape index (κ3) is 21.6. The van der Waals surface area contributed by atoms with Gasteiger partial charge in [0.1, 0.15) is 11.6 Å². The number of carbonyl (C=O) groups is 8. The minimum Gasteiger partial charge on any atom is -0.493 e. The Kier molecular flexibility index (Phi) is 31.2. The highest BCUT2D eigenvalue weighted by atomic mass is 19.1. The highest BCUT2D eigenvalue weighted by Gasteiger charge is 2.45. The van der Waals surface area contributed by atoms with E-state index in [9.17, 15) is 47.1 Å². The summed E-state index contributed by atoms with van der Waals surface area (Å²) < 4.78 is 61.5. The van der Waals surface area contributed by atoms with E-state index in [0.717, 1.165) is 161 Å². The SMILES string of the molecule is CCOc1cc(CN2C(=O)c3cccc(N4CCN([C@H](C)c5ccccc5)CC4)c3C2=O)ccc1OC.COc1ccc(CN2C(=O)c3cccc(N4CCN(CCc5ccccc5)CC4)c3C2=O)cc1OC.COc1ccc(CN2C(=O)c3cccc(N4CCN(Cc5ccc(F)cc5F)CC4)c3C2=O)cc1OC.Cc1nn(C)c(C)c1CN1C(=O)c2cccc(N3CCN(Cc4ccccc4)CC3)c2C1=O. The smallest absolute Gasteiger partial charge is 0.263 e. The first-order valence-corrected chi connectivity index (χ1v) is 48.6. The van der Waals surface area contributed by atoms with Gasteiger partial charge in [0, 0.05) is 160 Å². The fourth-order valence-corrected chi connectivity index (χ4v) is 20.2. The van der Waals surface area contributed by atoms with E-state index < -0.39 is 11.6 Å². The first-order chi connectivity index (χ1) is 69.4. The summed E-state index contributed by atoms with van der Waals surface area (Å²) in [6, 6.07) is 73.9. The van der Waals surface area contributed by atoms with Crippen LogP contribution in [0.5, 0.6) is 34.5 Å². The van der Waals surface area contributed by atoms with Crippen molar-refractivity contribution >= 4 is 70.0 Å². The summed E-state index contributed by atoms with van der Waals surface area (Å²) in [6.45, 7) is 24.4. The van der Waals surface area contributed by atoms with Crippen molar-refractivity contribution in [3.63, 3.8) is 0 Å². The molecule has 0 unspecified atom stereocenters. The van der Waals surface area contributed by atoms with Gasteiger partial charge in [0.2, 0.25) is 0 Å². The Morgan fingerprint density at radius 3 is 1.07 bits per heavy atom. The summed E-state index contributed by atoms with van der Waals surface area (Å²) in [6.07, 6.45) is 1.03. The second-order valence-corrected chi connectivity index (χ2v) is 36.6. The Morgan fingerprint density at radius 1 is 0.336 bits per heavy atom. The van der Waals surface area contributed by atoms with Gasteiger partial charge in [0.25, 0.3) is 47.3 Å². The van der Waals surface area contributed by atoms with Crippen LogP contribution in [-0.2, 0) is 52.7 Å². The number of piperazine rings is 4. The maximum Gasteiger partial charge on any atom is 0.263 e. The predicted molar refractivity (Wildman–Crippen MR) is 544 cm³/mol. The van der Waals surface area contributed by atoms with E-state index in [2.05, 4.69) is 124 Å². The summed E-state index contributed by atoms with van der Waals surface area (Å²) in [5, 5.41) is 4.43. The minimum atomic E-state index is -0.594. The summed E-state index contributed by atoms with van der Waals surface area (Å²) in [7, 11) is 9.69. The standard InChI is InChI=1S/C30H33N3O4.C29H31N3O4.C28H27F2N3O4.C26H29N5O2/c1-4-37-27-19-22(13-14-26(27)36-3)20-33-29(34)24-11-8-12-25(28(24)30(33)35)32-17-15-31(16-18-32)21(2)23-9-6-5-7-10-23;1-35-25-12-11-22(19-26(25)36-2)20-32-28(33)23-9-6-10-24(27(23)29(32)34)31-17-15-30(16-18-31)14-13-21-7-4-3-5-8-21;1-36-24-9-6-18(14-25(24)37-2)16-33-27(34)21-4-3-5-23(26(21)28(33)35)32-12-10-31(11-13-32)17-19-7-8-20(29)15-22(19)30;1-18-22(19(2)28(3)27-18)17-31-25(32)21-10-7-11-23(24(21)26(31)33)30-14-12-29(13-15-30)16-20-8-5-4-6-9-20/h5-14,19,21H,4,15-18,20H2,1-3H3;3-12,19H,13-18,20H2,1-2H3;3-9,14-15H,10-13,16-17H2,1-2H3;4-11H,12-17H2,1-3H3/t21-;;;/m1.../s1. The molecule has 4 saturated heterocycles. The van der Waals surface area contributed by atoms with Crippen molar-refractivity contribution in [3.05, 3.63) is 349 Å². The maximum atomic E-state index is 14.1. The van der Waals surface area contributed by atoms with Crippen molar-refractivity contribution in [1.29, 1.82) is 0 Å². The number of imide groups is 4. The molecule has 0 bridgehead atoms. The monoisotopic (exact) mass is 1930 g/mol. The molecule has 740 valence electrons. The van der Waals surface area contributed by atoms with Gasteiger partial charge in [0.15, 0.2) is 34.5 Å². The van der Waals surface area contributed by atoms with Crippen LogP contribution in [0.4, 0.5) is 31.5 Å². The number of fused-ring (bicyclic) bond motifs is 4. The van der Waals surface area contributed by atoms with Crippen LogP contribution in [0.15, 0.2) is 237 Å². The first kappa shape index (κ1) is 99.5. The number of halogens is 2. The largest absolute Gasteiger partial charge is 0.493 e. The van der Waals surface area contributed by atoms with Gasteiger partial charge in [0.05, 0.1) is 141 Å². The molecule has 30 heteroatoms. The zero-order valence-corrected chi connectivity index (χ0v) is 82.5. The minimum absolute atomic E-state index is 0.114. The van der Waals surface area contributed by atoms with Gasteiger partial charge in [-0.15, -0.1) is 0 Å². The lowest BCUT2D eigenvalue weighted by Gasteiger charge is -2.39. The number of methoxy groups -OCH3 is 5. The number of aromatic nitrogens is 2. The van der Waals surface area contributed by atoms with Crippen molar-refractivity contribution in [2.45, 2.75) is 79.4 Å². The molecule has 143 heavy (non-hydrogen) atoms. The first-order valence-electron chi connectivity index (χ1n) is 48.6. The fourth-order valence-electron chi connectivity index (χ4n) is 20.2. The highest BCUT2D eigenvalue weighted by Crippen LogP contribution is 2.42. The van der Waals surface area contributed by atoms with E-state index in [1.54, 1.807) is 99.9 Å².